The van der Waals surface area contributed by atoms with E-state index in [4.69, 9.17) is 12.2 Å². The summed E-state index contributed by atoms with van der Waals surface area (Å²) in [5.74, 6) is 0.458. The first-order valence-electron chi connectivity index (χ1n) is 2.51. The molecule has 0 aromatic heterocycles. The van der Waals surface area contributed by atoms with Gasteiger partial charge in [-0.3, -0.25) is 0 Å². The molecule has 10 heavy (non-hydrogen) atoms. The fourth-order valence-corrected chi connectivity index (χ4v) is 0.817. The van der Waals surface area contributed by atoms with Gasteiger partial charge in [0.1, 0.15) is 6.34 Å². The Morgan fingerprint density at radius 2 is 2.30 bits per heavy atom. The predicted octanol–water partition coefficient (Wildman–Crippen LogP) is 0.576. The Hall–Kier alpha value is -1.30. The molecule has 0 atom stereocenters. The lowest BCUT2D eigenvalue weighted by molar-refractivity contribution is 1.08. The van der Waals surface area contributed by atoms with Gasteiger partial charge in [-0.25, -0.2) is 9.98 Å². The van der Waals surface area contributed by atoms with Gasteiger partial charge in [-0.2, -0.15) is 0 Å². The molecule has 0 saturated heterocycles. The van der Waals surface area contributed by atoms with Crippen molar-refractivity contribution >= 4 is 35.1 Å². The smallest absolute Gasteiger partial charge is 0.206 e. The Morgan fingerprint density at radius 3 is 3.10 bits per heavy atom. The number of aliphatic imine (C=N–C) groups is 2. The van der Waals surface area contributed by atoms with E-state index in [-0.39, 0.29) is 0 Å². The van der Waals surface area contributed by atoms with E-state index in [1.807, 2.05) is 0 Å². The van der Waals surface area contributed by atoms with Crippen LogP contribution in [0.4, 0.5) is 0 Å². The van der Waals surface area contributed by atoms with E-state index in [1.165, 1.54) is 6.34 Å². The van der Waals surface area contributed by atoms with Gasteiger partial charge in [-0.05, 0) is 5.22 Å². The largest absolute Gasteiger partial charge is 0.230 e. The molecule has 2 rings (SSSR count). The Labute approximate surface area is 61.3 Å². The monoisotopic (exact) mass is 151 g/mol. The predicted molar refractivity (Wildman–Crippen MR) is 40.8 cm³/mol. The molecule has 2 aliphatic rings. The first-order valence-corrected chi connectivity index (χ1v) is 2.92. The van der Waals surface area contributed by atoms with Gasteiger partial charge in [-0.1, -0.05) is 12.2 Å². The lowest BCUT2D eigenvalue weighted by Crippen LogP contribution is -2.18. The van der Waals surface area contributed by atoms with Crippen molar-refractivity contribution in [3.63, 3.8) is 0 Å². The van der Waals surface area contributed by atoms with Gasteiger partial charge in [0.2, 0.25) is 5.84 Å². The zero-order valence-electron chi connectivity index (χ0n) is 4.72. The molecule has 0 aromatic rings. The number of thiocarbonyl (C=S) groups is 1. The maximum absolute atomic E-state index is 4.79. The standard InChI is InChI=1S/C4HN5S/c10-4-2-3(6-1-5-2)7-9-8-4/h1H. The first kappa shape index (κ1) is 5.48. The van der Waals surface area contributed by atoms with Crippen LogP contribution in [-0.2, 0) is 0 Å². The van der Waals surface area contributed by atoms with E-state index >= 15 is 0 Å². The summed E-state index contributed by atoms with van der Waals surface area (Å²) >= 11 is 4.79. The first-order chi connectivity index (χ1) is 4.88. The van der Waals surface area contributed by atoms with Gasteiger partial charge in [0, 0.05) is 0 Å². The molecule has 48 valence electrons. The molecule has 2 heterocycles. The van der Waals surface area contributed by atoms with Crippen LogP contribution in [0.25, 0.3) is 0 Å². The number of hydrogen-bond donors (Lipinski definition) is 0. The summed E-state index contributed by atoms with van der Waals surface area (Å²) in [6.45, 7) is 0. The molecular formula is C4HN5S. The summed E-state index contributed by atoms with van der Waals surface area (Å²) in [5, 5.41) is 10.5. The van der Waals surface area contributed by atoms with Crippen molar-refractivity contribution in [3.05, 3.63) is 0 Å². The maximum Gasteiger partial charge on any atom is 0.206 e. The van der Waals surface area contributed by atoms with Crippen molar-refractivity contribution < 1.29 is 0 Å². The summed E-state index contributed by atoms with van der Waals surface area (Å²) in [7, 11) is 0. The van der Waals surface area contributed by atoms with Crippen molar-refractivity contribution in [2.24, 2.45) is 25.4 Å². The third-order valence-electron chi connectivity index (χ3n) is 1.06. The molecule has 0 radical (unpaired) electrons. The molecule has 0 unspecified atom stereocenters. The summed E-state index contributed by atoms with van der Waals surface area (Å²) in [4.78, 5) is 7.98. The van der Waals surface area contributed by atoms with E-state index in [0.717, 1.165) is 0 Å². The van der Waals surface area contributed by atoms with Crippen molar-refractivity contribution in [1.82, 2.24) is 0 Å². The highest BCUT2D eigenvalue weighted by atomic mass is 32.1. The molecule has 0 amide bonds. The molecule has 0 saturated carbocycles. The van der Waals surface area contributed by atoms with Crippen molar-refractivity contribution in [1.29, 1.82) is 0 Å². The summed E-state index contributed by atoms with van der Waals surface area (Å²) in [5.41, 5.74) is 0.546. The van der Waals surface area contributed by atoms with Crippen LogP contribution in [0.5, 0.6) is 0 Å². The molecule has 2 aliphatic heterocycles. The Balaban J connectivity index is 2.54. The highest BCUT2D eigenvalue weighted by Gasteiger charge is 2.19. The minimum atomic E-state index is 0.350. The highest BCUT2D eigenvalue weighted by Crippen LogP contribution is 2.04. The van der Waals surface area contributed by atoms with Crippen LogP contribution in [0.2, 0.25) is 0 Å². The van der Waals surface area contributed by atoms with Crippen LogP contribution in [0.1, 0.15) is 0 Å². The van der Waals surface area contributed by atoms with Crippen LogP contribution in [0.3, 0.4) is 0 Å². The quantitative estimate of drug-likeness (QED) is 0.467. The average molecular weight is 151 g/mol. The number of fused-ring (bicyclic) bond motifs is 1. The van der Waals surface area contributed by atoms with Crippen molar-refractivity contribution in [2.45, 2.75) is 0 Å². The fraction of sp³-hybridized carbons (Fsp3) is 0. The molecule has 0 aliphatic carbocycles. The second-order valence-corrected chi connectivity index (χ2v) is 2.03. The lowest BCUT2D eigenvalue weighted by Gasteiger charge is -1.97. The normalized spacial score (nSPS) is 20.6. The van der Waals surface area contributed by atoms with E-state index < -0.39 is 0 Å². The lowest BCUT2D eigenvalue weighted by atomic mass is 10.3. The summed E-state index contributed by atoms with van der Waals surface area (Å²) < 4.78 is 0. The summed E-state index contributed by atoms with van der Waals surface area (Å²) in [6.07, 6.45) is 1.39. The van der Waals surface area contributed by atoms with Crippen molar-refractivity contribution in [3.8, 4) is 0 Å². The molecule has 0 spiro atoms. The number of hydrogen-bond acceptors (Lipinski definition) is 5. The van der Waals surface area contributed by atoms with Crippen LogP contribution in [0, 0.1) is 0 Å². The SMILES string of the molecule is S=C1N=NN=C2N=CN=C12. The number of amidine groups is 1. The van der Waals surface area contributed by atoms with E-state index in [2.05, 4.69) is 25.4 Å². The summed E-state index contributed by atoms with van der Waals surface area (Å²) in [6, 6.07) is 0. The molecule has 5 nitrogen and oxygen atoms in total. The van der Waals surface area contributed by atoms with Crippen molar-refractivity contribution in [2.75, 3.05) is 0 Å². The topological polar surface area (TPSA) is 61.8 Å². The number of rotatable bonds is 0. The molecule has 0 aromatic carbocycles. The van der Waals surface area contributed by atoms with Crippen LogP contribution in [0.15, 0.2) is 25.4 Å². The minimum absolute atomic E-state index is 0.350. The molecule has 6 heteroatoms. The Morgan fingerprint density at radius 1 is 1.40 bits per heavy atom. The van der Waals surface area contributed by atoms with Gasteiger partial charge >= 0.3 is 0 Å². The second-order valence-electron chi connectivity index (χ2n) is 1.64. The van der Waals surface area contributed by atoms with E-state index in [1.54, 1.807) is 0 Å². The average Bonchev–Trinajstić information content (AvgIpc) is 2.36. The minimum Gasteiger partial charge on any atom is -0.230 e. The molecule has 0 bridgehead atoms. The third-order valence-corrected chi connectivity index (χ3v) is 1.33. The number of nitrogens with zero attached hydrogens (tertiary/aromatic N) is 5. The van der Waals surface area contributed by atoms with Gasteiger partial charge < -0.3 is 0 Å². The van der Waals surface area contributed by atoms with Gasteiger partial charge in [0.15, 0.2) is 10.7 Å². The van der Waals surface area contributed by atoms with Gasteiger partial charge in [0.05, 0.1) is 0 Å². The van der Waals surface area contributed by atoms with Gasteiger partial charge in [0.25, 0.3) is 0 Å². The van der Waals surface area contributed by atoms with E-state index in [9.17, 15) is 0 Å². The zero-order valence-corrected chi connectivity index (χ0v) is 5.54. The highest BCUT2D eigenvalue weighted by molar-refractivity contribution is 7.82. The zero-order chi connectivity index (χ0) is 6.97. The Bertz CT molecular complexity index is 304. The van der Waals surface area contributed by atoms with Gasteiger partial charge in [-0.15, -0.1) is 10.2 Å². The molecular weight excluding hydrogens is 150 g/mol. The van der Waals surface area contributed by atoms with Crippen LogP contribution in [-0.4, -0.2) is 22.9 Å². The van der Waals surface area contributed by atoms with E-state index in [0.29, 0.717) is 16.5 Å². The van der Waals surface area contributed by atoms with Crippen LogP contribution >= 0.6 is 12.2 Å². The fourth-order valence-electron chi connectivity index (χ4n) is 0.637. The second kappa shape index (κ2) is 1.84. The Kier molecular flexibility index (Phi) is 1.01. The molecule has 0 N–H and O–H groups in total. The maximum atomic E-state index is 4.79. The van der Waals surface area contributed by atoms with Crippen LogP contribution < -0.4 is 0 Å². The molecule has 0 fully saturated rings. The third kappa shape index (κ3) is 0.623.